The van der Waals surface area contributed by atoms with Gasteiger partial charge in [0.15, 0.2) is 0 Å². The number of sulfonamides is 1. The van der Waals surface area contributed by atoms with Crippen LogP contribution in [0.1, 0.15) is 24.0 Å². The highest BCUT2D eigenvalue weighted by Gasteiger charge is 2.40. The Morgan fingerprint density at radius 3 is 2.37 bits per heavy atom. The average Bonchev–Trinajstić information content (AvgIpc) is 3.20. The fourth-order valence-corrected chi connectivity index (χ4v) is 5.13. The minimum Gasteiger partial charge on any atom is -0.508 e. The molecule has 1 amide bonds. The number of rotatable bonds is 7. The van der Waals surface area contributed by atoms with E-state index in [-0.39, 0.29) is 23.6 Å². The van der Waals surface area contributed by atoms with E-state index in [2.05, 4.69) is 5.32 Å². The Kier molecular flexibility index (Phi) is 6.42. The summed E-state index contributed by atoms with van der Waals surface area (Å²) in [4.78, 5) is 24.6. The quantitative estimate of drug-likeness (QED) is 0.611. The Labute approximate surface area is 175 Å². The van der Waals surface area contributed by atoms with Crippen LogP contribution in [0.15, 0.2) is 53.4 Å². The maximum absolute atomic E-state index is 13.0. The lowest BCUT2D eigenvalue weighted by Crippen LogP contribution is -2.51. The van der Waals surface area contributed by atoms with Crippen molar-refractivity contribution in [1.29, 1.82) is 0 Å². The number of carboxylic acid groups (broad SMARTS) is 1. The first-order valence-electron chi connectivity index (χ1n) is 9.58. The predicted molar refractivity (Wildman–Crippen MR) is 109 cm³/mol. The van der Waals surface area contributed by atoms with E-state index in [0.717, 1.165) is 9.87 Å². The van der Waals surface area contributed by atoms with Crippen molar-refractivity contribution in [1.82, 2.24) is 9.62 Å². The van der Waals surface area contributed by atoms with Gasteiger partial charge in [-0.05, 0) is 49.6 Å². The molecule has 0 saturated carbocycles. The maximum Gasteiger partial charge on any atom is 0.326 e. The van der Waals surface area contributed by atoms with Gasteiger partial charge in [-0.15, -0.1) is 0 Å². The number of aliphatic carboxylic acids is 1. The van der Waals surface area contributed by atoms with E-state index < -0.39 is 34.0 Å². The van der Waals surface area contributed by atoms with E-state index in [0.29, 0.717) is 18.4 Å². The number of nitrogens with one attached hydrogen (secondary N) is 1. The van der Waals surface area contributed by atoms with Crippen LogP contribution >= 0.6 is 0 Å². The first kappa shape index (κ1) is 21.8. The minimum atomic E-state index is -3.87. The molecule has 3 rings (SSSR count). The van der Waals surface area contributed by atoms with Gasteiger partial charge in [0, 0.05) is 13.0 Å². The Bertz CT molecular complexity index is 1020. The summed E-state index contributed by atoms with van der Waals surface area (Å²) < 4.78 is 27.2. The number of carbonyl (C=O) groups is 2. The predicted octanol–water partition coefficient (Wildman–Crippen LogP) is 1.67. The number of aromatic hydroxyl groups is 1. The molecular weight excluding hydrogens is 408 g/mol. The van der Waals surface area contributed by atoms with E-state index in [9.17, 15) is 28.2 Å². The van der Waals surface area contributed by atoms with Gasteiger partial charge in [0.2, 0.25) is 15.9 Å². The van der Waals surface area contributed by atoms with Crippen molar-refractivity contribution in [2.75, 3.05) is 6.54 Å². The van der Waals surface area contributed by atoms with Gasteiger partial charge in [-0.25, -0.2) is 13.2 Å². The third kappa shape index (κ3) is 4.80. The number of carboxylic acids is 1. The molecule has 2 aromatic carbocycles. The summed E-state index contributed by atoms with van der Waals surface area (Å²) in [6.07, 6.45) is 0.847. The SMILES string of the molecule is Cc1ccc(S(=O)(=O)N2CCCC2C(=O)NC(Cc2ccc(O)cc2)C(=O)O)cc1. The topological polar surface area (TPSA) is 124 Å². The Balaban J connectivity index is 1.76. The summed E-state index contributed by atoms with van der Waals surface area (Å²) in [5.41, 5.74) is 1.54. The fourth-order valence-electron chi connectivity index (χ4n) is 3.47. The second-order valence-electron chi connectivity index (χ2n) is 7.36. The molecule has 8 nitrogen and oxygen atoms in total. The molecule has 0 aromatic heterocycles. The molecule has 2 atom stereocenters. The molecule has 160 valence electrons. The second kappa shape index (κ2) is 8.85. The molecule has 0 radical (unpaired) electrons. The molecule has 1 aliphatic heterocycles. The second-order valence-corrected chi connectivity index (χ2v) is 9.25. The number of amides is 1. The molecule has 0 bridgehead atoms. The van der Waals surface area contributed by atoms with Crippen LogP contribution in [0.4, 0.5) is 0 Å². The number of aryl methyl sites for hydroxylation is 1. The van der Waals surface area contributed by atoms with E-state index in [1.807, 2.05) is 6.92 Å². The van der Waals surface area contributed by atoms with Gasteiger partial charge >= 0.3 is 5.97 Å². The number of hydrogen-bond acceptors (Lipinski definition) is 5. The molecule has 0 aliphatic carbocycles. The summed E-state index contributed by atoms with van der Waals surface area (Å²) in [7, 11) is -3.87. The van der Waals surface area contributed by atoms with Crippen LogP contribution in [0.3, 0.4) is 0 Å². The van der Waals surface area contributed by atoms with Gasteiger partial charge in [0.25, 0.3) is 0 Å². The normalized spacial score (nSPS) is 18.1. The van der Waals surface area contributed by atoms with E-state index >= 15 is 0 Å². The van der Waals surface area contributed by atoms with Gasteiger partial charge in [-0.2, -0.15) is 4.31 Å². The zero-order valence-electron chi connectivity index (χ0n) is 16.5. The highest BCUT2D eigenvalue weighted by molar-refractivity contribution is 7.89. The number of benzene rings is 2. The van der Waals surface area contributed by atoms with Gasteiger partial charge in [-0.1, -0.05) is 29.8 Å². The van der Waals surface area contributed by atoms with Crippen molar-refractivity contribution < 1.29 is 28.2 Å². The summed E-state index contributed by atoms with van der Waals surface area (Å²) in [6, 6.07) is 10.2. The Hall–Kier alpha value is -2.91. The lowest BCUT2D eigenvalue weighted by molar-refractivity contribution is -0.142. The highest BCUT2D eigenvalue weighted by Crippen LogP contribution is 2.26. The smallest absolute Gasteiger partial charge is 0.326 e. The lowest BCUT2D eigenvalue weighted by atomic mass is 10.1. The molecular formula is C21H24N2O6S. The Morgan fingerprint density at radius 2 is 1.77 bits per heavy atom. The van der Waals surface area contributed by atoms with Crippen LogP contribution in [-0.4, -0.2) is 53.4 Å². The monoisotopic (exact) mass is 432 g/mol. The summed E-state index contributed by atoms with van der Waals surface area (Å²) >= 11 is 0. The summed E-state index contributed by atoms with van der Waals surface area (Å²) in [5.74, 6) is -1.80. The van der Waals surface area contributed by atoms with Crippen LogP contribution in [-0.2, 0) is 26.0 Å². The summed E-state index contributed by atoms with van der Waals surface area (Å²) in [6.45, 7) is 2.05. The third-order valence-corrected chi connectivity index (χ3v) is 7.05. The van der Waals surface area contributed by atoms with Crippen LogP contribution in [0.2, 0.25) is 0 Å². The molecule has 1 aliphatic rings. The molecule has 30 heavy (non-hydrogen) atoms. The summed E-state index contributed by atoms with van der Waals surface area (Å²) in [5, 5.41) is 21.3. The molecule has 9 heteroatoms. The Morgan fingerprint density at radius 1 is 1.13 bits per heavy atom. The van der Waals surface area contributed by atoms with Crippen molar-refractivity contribution >= 4 is 21.9 Å². The maximum atomic E-state index is 13.0. The van der Waals surface area contributed by atoms with Gasteiger partial charge < -0.3 is 15.5 Å². The number of hydrogen-bond donors (Lipinski definition) is 3. The first-order chi connectivity index (χ1) is 14.2. The molecule has 1 saturated heterocycles. The molecule has 2 aromatic rings. The number of carbonyl (C=O) groups excluding carboxylic acids is 1. The number of phenolic OH excluding ortho intramolecular Hbond substituents is 1. The fraction of sp³-hybridized carbons (Fsp3) is 0.333. The zero-order chi connectivity index (χ0) is 21.9. The number of nitrogens with zero attached hydrogens (tertiary/aromatic N) is 1. The van der Waals surface area contributed by atoms with E-state index in [4.69, 9.17) is 0 Å². The van der Waals surface area contributed by atoms with Crippen molar-refractivity contribution in [3.8, 4) is 5.75 Å². The first-order valence-corrected chi connectivity index (χ1v) is 11.0. The lowest BCUT2D eigenvalue weighted by Gasteiger charge is -2.25. The van der Waals surface area contributed by atoms with E-state index in [1.54, 1.807) is 24.3 Å². The number of phenols is 1. The highest BCUT2D eigenvalue weighted by atomic mass is 32.2. The standard InChI is InChI=1S/C21H24N2O6S/c1-14-4-10-17(11-5-14)30(28,29)23-12-2-3-19(23)20(25)22-18(21(26)27)13-15-6-8-16(24)9-7-15/h4-11,18-19,24H,2-3,12-13H2,1H3,(H,22,25)(H,26,27). The third-order valence-electron chi connectivity index (χ3n) is 5.12. The van der Waals surface area contributed by atoms with Crippen molar-refractivity contribution in [2.24, 2.45) is 0 Å². The van der Waals surface area contributed by atoms with E-state index in [1.165, 1.54) is 24.3 Å². The van der Waals surface area contributed by atoms with Crippen LogP contribution < -0.4 is 5.32 Å². The molecule has 0 spiro atoms. The molecule has 3 N–H and O–H groups in total. The van der Waals surface area contributed by atoms with Gasteiger partial charge in [0.1, 0.15) is 17.8 Å². The van der Waals surface area contributed by atoms with Gasteiger partial charge in [0.05, 0.1) is 4.90 Å². The molecule has 2 unspecified atom stereocenters. The van der Waals surface area contributed by atoms with Crippen LogP contribution in [0.25, 0.3) is 0 Å². The largest absolute Gasteiger partial charge is 0.508 e. The zero-order valence-corrected chi connectivity index (χ0v) is 17.3. The van der Waals surface area contributed by atoms with Crippen molar-refractivity contribution in [2.45, 2.75) is 43.2 Å². The molecule has 1 fully saturated rings. The van der Waals surface area contributed by atoms with Crippen LogP contribution in [0, 0.1) is 6.92 Å². The van der Waals surface area contributed by atoms with Crippen molar-refractivity contribution in [3.63, 3.8) is 0 Å². The van der Waals surface area contributed by atoms with Crippen molar-refractivity contribution in [3.05, 3.63) is 59.7 Å². The van der Waals surface area contributed by atoms with Crippen LogP contribution in [0.5, 0.6) is 5.75 Å². The average molecular weight is 432 g/mol. The minimum absolute atomic E-state index is 0.0127. The molecule has 1 heterocycles. The van der Waals surface area contributed by atoms with Gasteiger partial charge in [-0.3, -0.25) is 4.79 Å².